The van der Waals surface area contributed by atoms with E-state index in [9.17, 15) is 4.79 Å². The van der Waals surface area contributed by atoms with Crippen molar-refractivity contribution in [2.24, 2.45) is 11.7 Å². The zero-order valence-corrected chi connectivity index (χ0v) is 10.5. The standard InChI is InChI=1S/C13H21N3O/c1-3-10(2)12(14)13(17)16-8-6-11-5-4-7-15-9-11/h4-5,7,9-10,12H,3,6,8,14H2,1-2H3,(H,16,17). The van der Waals surface area contributed by atoms with Crippen molar-refractivity contribution in [1.29, 1.82) is 0 Å². The number of nitrogens with one attached hydrogen (secondary N) is 1. The molecule has 1 heterocycles. The second-order valence-electron chi connectivity index (χ2n) is 4.31. The minimum absolute atomic E-state index is 0.0664. The Bertz CT molecular complexity index is 340. The van der Waals surface area contributed by atoms with E-state index in [2.05, 4.69) is 10.3 Å². The van der Waals surface area contributed by atoms with Gasteiger partial charge in [-0.15, -0.1) is 0 Å². The van der Waals surface area contributed by atoms with E-state index >= 15 is 0 Å². The van der Waals surface area contributed by atoms with E-state index in [0.717, 1.165) is 18.4 Å². The van der Waals surface area contributed by atoms with Crippen molar-refractivity contribution in [2.75, 3.05) is 6.54 Å². The zero-order valence-electron chi connectivity index (χ0n) is 10.5. The van der Waals surface area contributed by atoms with Crippen LogP contribution in [-0.2, 0) is 11.2 Å². The van der Waals surface area contributed by atoms with Gasteiger partial charge in [-0.05, 0) is 24.0 Å². The summed E-state index contributed by atoms with van der Waals surface area (Å²) in [7, 11) is 0. The molecule has 0 saturated heterocycles. The molecule has 17 heavy (non-hydrogen) atoms. The van der Waals surface area contributed by atoms with Crippen LogP contribution in [-0.4, -0.2) is 23.5 Å². The fraction of sp³-hybridized carbons (Fsp3) is 0.538. The summed E-state index contributed by atoms with van der Waals surface area (Å²) in [4.78, 5) is 15.7. The molecule has 94 valence electrons. The highest BCUT2D eigenvalue weighted by atomic mass is 16.2. The van der Waals surface area contributed by atoms with E-state index < -0.39 is 6.04 Å². The van der Waals surface area contributed by atoms with Crippen LogP contribution in [0.1, 0.15) is 25.8 Å². The molecule has 3 N–H and O–H groups in total. The van der Waals surface area contributed by atoms with Gasteiger partial charge in [0.25, 0.3) is 0 Å². The van der Waals surface area contributed by atoms with Crippen molar-refractivity contribution in [3.63, 3.8) is 0 Å². The van der Waals surface area contributed by atoms with Gasteiger partial charge in [0.2, 0.25) is 5.91 Å². The Morgan fingerprint density at radius 3 is 2.94 bits per heavy atom. The first-order valence-corrected chi connectivity index (χ1v) is 6.07. The maximum absolute atomic E-state index is 11.7. The van der Waals surface area contributed by atoms with Crippen LogP contribution in [0.3, 0.4) is 0 Å². The SMILES string of the molecule is CCC(C)C(N)C(=O)NCCc1cccnc1. The molecule has 0 aromatic carbocycles. The van der Waals surface area contributed by atoms with Crippen LogP contribution in [0, 0.1) is 5.92 Å². The van der Waals surface area contributed by atoms with Crippen LogP contribution in [0.25, 0.3) is 0 Å². The average molecular weight is 235 g/mol. The Kier molecular flexibility index (Phi) is 5.63. The number of hydrogen-bond donors (Lipinski definition) is 2. The molecule has 0 saturated carbocycles. The smallest absolute Gasteiger partial charge is 0.237 e. The first-order chi connectivity index (χ1) is 8.15. The molecule has 0 aliphatic carbocycles. The summed E-state index contributed by atoms with van der Waals surface area (Å²) in [5.74, 6) is 0.150. The molecule has 1 aromatic heterocycles. The lowest BCUT2D eigenvalue weighted by Gasteiger charge is -2.17. The first kappa shape index (κ1) is 13.6. The van der Waals surface area contributed by atoms with Crippen molar-refractivity contribution in [2.45, 2.75) is 32.7 Å². The number of pyridine rings is 1. The van der Waals surface area contributed by atoms with Crippen LogP contribution in [0.4, 0.5) is 0 Å². The topological polar surface area (TPSA) is 68.0 Å². The Morgan fingerprint density at radius 1 is 1.59 bits per heavy atom. The van der Waals surface area contributed by atoms with Crippen LogP contribution in [0.15, 0.2) is 24.5 Å². The predicted molar refractivity (Wildman–Crippen MR) is 68.4 cm³/mol. The monoisotopic (exact) mass is 235 g/mol. The maximum Gasteiger partial charge on any atom is 0.237 e. The van der Waals surface area contributed by atoms with Gasteiger partial charge in [-0.3, -0.25) is 9.78 Å². The molecule has 0 radical (unpaired) electrons. The van der Waals surface area contributed by atoms with Gasteiger partial charge in [0.1, 0.15) is 0 Å². The molecule has 2 unspecified atom stereocenters. The number of aromatic nitrogens is 1. The third-order valence-electron chi connectivity index (χ3n) is 3.00. The van der Waals surface area contributed by atoms with Crippen molar-refractivity contribution >= 4 is 5.91 Å². The van der Waals surface area contributed by atoms with Crippen molar-refractivity contribution in [3.8, 4) is 0 Å². The Morgan fingerprint density at radius 2 is 2.35 bits per heavy atom. The van der Waals surface area contributed by atoms with E-state index in [1.807, 2.05) is 26.0 Å². The lowest BCUT2D eigenvalue weighted by molar-refractivity contribution is -0.123. The maximum atomic E-state index is 11.7. The van der Waals surface area contributed by atoms with E-state index in [1.54, 1.807) is 12.4 Å². The zero-order chi connectivity index (χ0) is 12.7. The van der Waals surface area contributed by atoms with Gasteiger partial charge in [-0.2, -0.15) is 0 Å². The number of hydrogen-bond acceptors (Lipinski definition) is 3. The highest BCUT2D eigenvalue weighted by Gasteiger charge is 2.18. The van der Waals surface area contributed by atoms with Gasteiger partial charge in [0, 0.05) is 18.9 Å². The number of nitrogens with two attached hydrogens (primary N) is 1. The molecule has 4 heteroatoms. The van der Waals surface area contributed by atoms with E-state index in [4.69, 9.17) is 5.73 Å². The molecule has 1 aromatic rings. The normalized spacial score (nSPS) is 14.1. The fourth-order valence-electron chi connectivity index (χ4n) is 1.51. The van der Waals surface area contributed by atoms with Crippen LogP contribution >= 0.6 is 0 Å². The molecule has 0 spiro atoms. The molecule has 1 amide bonds. The van der Waals surface area contributed by atoms with Crippen LogP contribution in [0.5, 0.6) is 0 Å². The summed E-state index contributed by atoms with van der Waals surface area (Å²) in [5, 5.41) is 2.85. The van der Waals surface area contributed by atoms with Crippen molar-refractivity contribution < 1.29 is 4.79 Å². The second-order valence-corrected chi connectivity index (χ2v) is 4.31. The summed E-state index contributed by atoms with van der Waals surface area (Å²) in [6.45, 7) is 4.63. The van der Waals surface area contributed by atoms with Gasteiger partial charge in [-0.25, -0.2) is 0 Å². The minimum Gasteiger partial charge on any atom is -0.354 e. The Hall–Kier alpha value is -1.42. The van der Waals surface area contributed by atoms with Crippen molar-refractivity contribution in [3.05, 3.63) is 30.1 Å². The van der Waals surface area contributed by atoms with E-state index in [0.29, 0.717) is 6.54 Å². The summed E-state index contributed by atoms with van der Waals surface area (Å²) < 4.78 is 0. The molecule has 0 aliphatic heterocycles. The molecule has 0 fully saturated rings. The predicted octanol–water partition coefficient (Wildman–Crippen LogP) is 1.11. The molecule has 1 rings (SSSR count). The molecular weight excluding hydrogens is 214 g/mol. The van der Waals surface area contributed by atoms with Gasteiger partial charge < -0.3 is 11.1 Å². The number of carbonyl (C=O) groups excluding carboxylic acids is 1. The summed E-state index contributed by atoms with van der Waals surface area (Å²) in [6.07, 6.45) is 5.24. The first-order valence-electron chi connectivity index (χ1n) is 6.07. The molecule has 4 nitrogen and oxygen atoms in total. The molecule has 0 aliphatic rings. The van der Waals surface area contributed by atoms with Crippen LogP contribution in [0.2, 0.25) is 0 Å². The fourth-order valence-corrected chi connectivity index (χ4v) is 1.51. The van der Waals surface area contributed by atoms with Gasteiger partial charge >= 0.3 is 0 Å². The number of rotatable bonds is 6. The Labute approximate surface area is 103 Å². The molecule has 2 atom stereocenters. The third-order valence-corrected chi connectivity index (χ3v) is 3.00. The minimum atomic E-state index is -0.408. The van der Waals surface area contributed by atoms with Gasteiger partial charge in [0.15, 0.2) is 0 Å². The molecule has 0 bridgehead atoms. The highest BCUT2D eigenvalue weighted by Crippen LogP contribution is 2.05. The quantitative estimate of drug-likeness (QED) is 0.776. The lowest BCUT2D eigenvalue weighted by atomic mass is 9.99. The Balaban J connectivity index is 2.29. The van der Waals surface area contributed by atoms with Gasteiger partial charge in [-0.1, -0.05) is 26.3 Å². The molecular formula is C13H21N3O. The van der Waals surface area contributed by atoms with Gasteiger partial charge in [0.05, 0.1) is 6.04 Å². The van der Waals surface area contributed by atoms with E-state index in [1.165, 1.54) is 0 Å². The number of carbonyl (C=O) groups is 1. The third kappa shape index (κ3) is 4.53. The average Bonchev–Trinajstić information content (AvgIpc) is 2.38. The summed E-state index contributed by atoms with van der Waals surface area (Å²) >= 11 is 0. The van der Waals surface area contributed by atoms with Crippen molar-refractivity contribution in [1.82, 2.24) is 10.3 Å². The number of nitrogens with zero attached hydrogens (tertiary/aromatic N) is 1. The number of amides is 1. The van der Waals surface area contributed by atoms with Crippen LogP contribution < -0.4 is 11.1 Å². The van der Waals surface area contributed by atoms with E-state index in [-0.39, 0.29) is 11.8 Å². The second kappa shape index (κ2) is 7.01. The highest BCUT2D eigenvalue weighted by molar-refractivity contribution is 5.81. The summed E-state index contributed by atoms with van der Waals surface area (Å²) in [5.41, 5.74) is 6.94. The summed E-state index contributed by atoms with van der Waals surface area (Å²) in [6, 6.07) is 3.48. The largest absolute Gasteiger partial charge is 0.354 e. The lowest BCUT2D eigenvalue weighted by Crippen LogP contribution is -2.45.